The van der Waals surface area contributed by atoms with Gasteiger partial charge in [0.25, 0.3) is 0 Å². The van der Waals surface area contributed by atoms with Gasteiger partial charge in [0.15, 0.2) is 5.82 Å². The lowest BCUT2D eigenvalue weighted by Crippen LogP contribution is -2.15. The van der Waals surface area contributed by atoms with Gasteiger partial charge in [-0.15, -0.1) is 0 Å². The van der Waals surface area contributed by atoms with Crippen molar-refractivity contribution in [1.29, 1.82) is 0 Å². The fraction of sp³-hybridized carbons (Fsp3) is 0.250. The zero-order valence-electron chi connectivity index (χ0n) is 10.3. The van der Waals surface area contributed by atoms with Gasteiger partial charge in [-0.25, -0.2) is 0 Å². The molecule has 1 amide bonds. The van der Waals surface area contributed by atoms with Crippen LogP contribution in [0.1, 0.15) is 27.6 Å². The van der Waals surface area contributed by atoms with E-state index in [9.17, 15) is 4.79 Å². The molecule has 1 heterocycles. The minimum Gasteiger partial charge on any atom is -0.366 e. The number of aromatic nitrogens is 2. The topological polar surface area (TPSA) is 94.0 Å². The van der Waals surface area contributed by atoms with Crippen LogP contribution < -0.4 is 11.1 Å². The van der Waals surface area contributed by atoms with Gasteiger partial charge in [0, 0.05) is 24.1 Å². The maximum atomic E-state index is 11.0. The first-order chi connectivity index (χ1) is 9.06. The number of aryl methyl sites for hydroxylation is 1. The number of halogens is 1. The second kappa shape index (κ2) is 5.81. The van der Waals surface area contributed by atoms with Crippen LogP contribution in [0.5, 0.6) is 0 Å². The average Bonchev–Trinajstić information content (AvgIpc) is 2.77. The molecule has 0 atom stereocenters. The molecule has 19 heavy (non-hydrogen) atoms. The number of carbonyl (C=O) groups is 1. The number of nitrogens with one attached hydrogen (secondary N) is 1. The molecule has 0 aliphatic rings. The molecular weight excluding hydrogens is 268 g/mol. The van der Waals surface area contributed by atoms with Crippen LogP contribution in [-0.4, -0.2) is 16.0 Å². The summed E-state index contributed by atoms with van der Waals surface area (Å²) in [4.78, 5) is 15.1. The maximum Gasteiger partial charge on any atom is 0.248 e. The second-order valence-electron chi connectivity index (χ2n) is 4.00. The summed E-state index contributed by atoms with van der Waals surface area (Å²) in [5.41, 5.74) is 6.43. The van der Waals surface area contributed by atoms with E-state index in [1.165, 1.54) is 0 Å². The molecule has 2 aromatic rings. The van der Waals surface area contributed by atoms with Crippen LogP contribution >= 0.6 is 11.6 Å². The van der Waals surface area contributed by atoms with E-state index in [4.69, 9.17) is 21.9 Å². The Morgan fingerprint density at radius 2 is 2.26 bits per heavy atom. The number of hydrogen-bond acceptors (Lipinski definition) is 5. The Balaban J connectivity index is 1.94. The van der Waals surface area contributed by atoms with Gasteiger partial charge in [-0.2, -0.15) is 4.98 Å². The number of benzene rings is 1. The van der Waals surface area contributed by atoms with Gasteiger partial charge in [0.2, 0.25) is 11.8 Å². The Hall–Kier alpha value is -1.92. The van der Waals surface area contributed by atoms with E-state index >= 15 is 0 Å². The minimum atomic E-state index is -0.497. The third-order valence-electron chi connectivity index (χ3n) is 2.51. The maximum absolute atomic E-state index is 11.0. The number of carbonyl (C=O) groups excluding carboxylic acids is 1. The largest absolute Gasteiger partial charge is 0.366 e. The SMILES string of the molecule is Cc1nc(CNCc2ccc(C(N)=O)cc2Cl)no1. The molecule has 1 aromatic heterocycles. The van der Waals surface area contributed by atoms with Crippen molar-refractivity contribution in [1.82, 2.24) is 15.5 Å². The standard InChI is InChI=1S/C12H13ClN4O2/c1-7-16-11(17-19-7)6-15-5-9-3-2-8(12(14)18)4-10(9)13/h2-4,15H,5-6H2,1H3,(H2,14,18). The molecule has 0 saturated carbocycles. The summed E-state index contributed by atoms with van der Waals surface area (Å²) in [6, 6.07) is 4.96. The molecule has 6 nitrogen and oxygen atoms in total. The molecule has 0 radical (unpaired) electrons. The number of rotatable bonds is 5. The highest BCUT2D eigenvalue weighted by atomic mass is 35.5. The summed E-state index contributed by atoms with van der Waals surface area (Å²) in [5.74, 6) is 0.617. The second-order valence-corrected chi connectivity index (χ2v) is 4.41. The lowest BCUT2D eigenvalue weighted by atomic mass is 10.1. The van der Waals surface area contributed by atoms with E-state index in [0.29, 0.717) is 35.4 Å². The first-order valence-electron chi connectivity index (χ1n) is 5.64. The Morgan fingerprint density at radius 1 is 1.47 bits per heavy atom. The van der Waals surface area contributed by atoms with Gasteiger partial charge in [-0.1, -0.05) is 22.8 Å². The summed E-state index contributed by atoms with van der Waals surface area (Å²) in [5, 5.41) is 7.39. The predicted molar refractivity (Wildman–Crippen MR) is 69.5 cm³/mol. The van der Waals surface area contributed by atoms with Gasteiger partial charge in [-0.05, 0) is 17.7 Å². The van der Waals surface area contributed by atoms with Crippen LogP contribution in [0.2, 0.25) is 5.02 Å². The third kappa shape index (κ3) is 3.52. The molecule has 0 aliphatic carbocycles. The minimum absolute atomic E-state index is 0.391. The van der Waals surface area contributed by atoms with Crippen LogP contribution in [-0.2, 0) is 13.1 Å². The number of primary amides is 1. The molecule has 100 valence electrons. The van der Waals surface area contributed by atoms with Gasteiger partial charge < -0.3 is 15.6 Å². The quantitative estimate of drug-likeness (QED) is 0.864. The van der Waals surface area contributed by atoms with E-state index < -0.39 is 5.91 Å². The van der Waals surface area contributed by atoms with Crippen LogP contribution in [0.4, 0.5) is 0 Å². The summed E-state index contributed by atoms with van der Waals surface area (Å²) in [6.45, 7) is 2.74. The van der Waals surface area contributed by atoms with E-state index in [-0.39, 0.29) is 0 Å². The fourth-order valence-electron chi connectivity index (χ4n) is 1.57. The smallest absolute Gasteiger partial charge is 0.248 e. The van der Waals surface area contributed by atoms with Crippen molar-refractivity contribution in [2.75, 3.05) is 0 Å². The van der Waals surface area contributed by atoms with Gasteiger partial charge in [0.05, 0.1) is 6.54 Å². The molecule has 2 rings (SSSR count). The first-order valence-corrected chi connectivity index (χ1v) is 6.02. The molecule has 0 bridgehead atoms. The number of hydrogen-bond donors (Lipinski definition) is 2. The zero-order valence-corrected chi connectivity index (χ0v) is 11.1. The van der Waals surface area contributed by atoms with Crippen molar-refractivity contribution < 1.29 is 9.32 Å². The molecule has 0 unspecified atom stereocenters. The first kappa shape index (κ1) is 13.5. The molecule has 0 aliphatic heterocycles. The van der Waals surface area contributed by atoms with Gasteiger partial charge in [0.1, 0.15) is 0 Å². The van der Waals surface area contributed by atoms with Crippen molar-refractivity contribution in [3.8, 4) is 0 Å². The molecule has 0 spiro atoms. The fourth-order valence-corrected chi connectivity index (χ4v) is 1.81. The summed E-state index contributed by atoms with van der Waals surface area (Å²) in [6.07, 6.45) is 0. The Labute approximate surface area is 114 Å². The highest BCUT2D eigenvalue weighted by molar-refractivity contribution is 6.31. The number of nitrogens with zero attached hydrogens (tertiary/aromatic N) is 2. The van der Waals surface area contributed by atoms with Crippen molar-refractivity contribution in [3.05, 3.63) is 46.1 Å². The van der Waals surface area contributed by atoms with Crippen molar-refractivity contribution in [3.63, 3.8) is 0 Å². The van der Waals surface area contributed by atoms with E-state index in [2.05, 4.69) is 15.5 Å². The normalized spacial score (nSPS) is 10.6. The average molecular weight is 281 g/mol. The third-order valence-corrected chi connectivity index (χ3v) is 2.86. The lowest BCUT2D eigenvalue weighted by molar-refractivity contribution is 0.100. The molecular formula is C12H13ClN4O2. The summed E-state index contributed by atoms with van der Waals surface area (Å²) < 4.78 is 4.85. The van der Waals surface area contributed by atoms with Gasteiger partial charge >= 0.3 is 0 Å². The van der Waals surface area contributed by atoms with Crippen molar-refractivity contribution >= 4 is 17.5 Å². The van der Waals surface area contributed by atoms with E-state index in [1.54, 1.807) is 25.1 Å². The van der Waals surface area contributed by atoms with Crippen LogP contribution in [0.25, 0.3) is 0 Å². The Kier molecular flexibility index (Phi) is 4.13. The van der Waals surface area contributed by atoms with Crippen molar-refractivity contribution in [2.45, 2.75) is 20.0 Å². The van der Waals surface area contributed by atoms with Crippen LogP contribution in [0.3, 0.4) is 0 Å². The molecule has 0 saturated heterocycles. The molecule has 1 aromatic carbocycles. The number of amides is 1. The Bertz CT molecular complexity index is 597. The monoisotopic (exact) mass is 280 g/mol. The summed E-state index contributed by atoms with van der Waals surface area (Å²) in [7, 11) is 0. The highest BCUT2D eigenvalue weighted by Crippen LogP contribution is 2.17. The molecule has 3 N–H and O–H groups in total. The summed E-state index contributed by atoms with van der Waals surface area (Å²) >= 11 is 6.06. The van der Waals surface area contributed by atoms with E-state index in [0.717, 1.165) is 5.56 Å². The lowest BCUT2D eigenvalue weighted by Gasteiger charge is -2.06. The number of nitrogens with two attached hydrogens (primary N) is 1. The molecule has 0 fully saturated rings. The predicted octanol–water partition coefficient (Wildman–Crippen LogP) is 1.42. The van der Waals surface area contributed by atoms with Crippen LogP contribution in [0, 0.1) is 6.92 Å². The highest BCUT2D eigenvalue weighted by Gasteiger charge is 2.06. The van der Waals surface area contributed by atoms with Gasteiger partial charge in [-0.3, -0.25) is 4.79 Å². The zero-order chi connectivity index (χ0) is 13.8. The van der Waals surface area contributed by atoms with Crippen LogP contribution in [0.15, 0.2) is 22.7 Å². The van der Waals surface area contributed by atoms with E-state index in [1.807, 2.05) is 0 Å². The van der Waals surface area contributed by atoms with Crippen molar-refractivity contribution in [2.24, 2.45) is 5.73 Å². The molecule has 7 heteroatoms. The Morgan fingerprint density at radius 3 is 2.84 bits per heavy atom.